The number of nitrogen functional groups attached to an aromatic ring is 1. The first-order valence-corrected chi connectivity index (χ1v) is 7.39. The second kappa shape index (κ2) is 4.90. The number of imidazole rings is 1. The predicted octanol–water partition coefficient (Wildman–Crippen LogP) is 1.65. The van der Waals surface area contributed by atoms with Crippen molar-refractivity contribution in [3.8, 4) is 0 Å². The van der Waals surface area contributed by atoms with E-state index in [-0.39, 0.29) is 11.9 Å². The Morgan fingerprint density at radius 2 is 2.35 bits per heavy atom. The number of aromatic nitrogens is 3. The van der Waals surface area contributed by atoms with Gasteiger partial charge < -0.3 is 15.6 Å². The summed E-state index contributed by atoms with van der Waals surface area (Å²) >= 11 is 1.23. The van der Waals surface area contributed by atoms with Crippen LogP contribution in [0.5, 0.6) is 0 Å². The van der Waals surface area contributed by atoms with Crippen molar-refractivity contribution >= 4 is 22.4 Å². The molecule has 0 radical (unpaired) electrons. The fourth-order valence-corrected chi connectivity index (χ4v) is 3.07. The number of rotatable bonds is 4. The monoisotopic (exact) mass is 291 g/mol. The van der Waals surface area contributed by atoms with Crippen LogP contribution in [0, 0.1) is 12.8 Å². The molecule has 0 unspecified atom stereocenters. The lowest BCUT2D eigenvalue weighted by Gasteiger charge is -2.17. The number of hydrogen-bond donors (Lipinski definition) is 2. The van der Waals surface area contributed by atoms with Crippen molar-refractivity contribution in [2.75, 3.05) is 5.73 Å². The van der Waals surface area contributed by atoms with Crippen molar-refractivity contribution in [3.05, 3.63) is 28.8 Å². The third-order valence-corrected chi connectivity index (χ3v) is 4.52. The molecule has 2 heterocycles. The first-order chi connectivity index (χ1) is 9.56. The first kappa shape index (κ1) is 13.1. The highest BCUT2D eigenvalue weighted by Crippen LogP contribution is 2.40. The Labute approximate surface area is 121 Å². The summed E-state index contributed by atoms with van der Waals surface area (Å²) < 4.78 is 1.96. The van der Waals surface area contributed by atoms with Crippen LogP contribution < -0.4 is 11.1 Å². The molecule has 1 saturated carbocycles. The smallest absolute Gasteiger partial charge is 0.263 e. The van der Waals surface area contributed by atoms with E-state index in [2.05, 4.69) is 15.3 Å². The largest absolute Gasteiger partial charge is 0.375 e. The first-order valence-electron chi connectivity index (χ1n) is 6.57. The number of amides is 1. The van der Waals surface area contributed by atoms with E-state index in [9.17, 15) is 4.79 Å². The number of nitrogens with two attached hydrogens (primary N) is 1. The number of hydrogen-bond acceptors (Lipinski definition) is 5. The number of aryl methyl sites for hydroxylation is 2. The molecule has 3 rings (SSSR count). The lowest BCUT2D eigenvalue weighted by atomic mass is 10.1. The van der Waals surface area contributed by atoms with Crippen LogP contribution in [-0.2, 0) is 7.05 Å². The Bertz CT molecular complexity index is 643. The molecular formula is C13H17N5OS. The number of thiazole rings is 1. The molecular weight excluding hydrogens is 274 g/mol. The number of nitrogens with zero attached hydrogens (tertiary/aromatic N) is 3. The molecule has 1 atom stereocenters. The third kappa shape index (κ3) is 2.40. The van der Waals surface area contributed by atoms with E-state index in [4.69, 9.17) is 5.73 Å². The van der Waals surface area contributed by atoms with Gasteiger partial charge in [0.2, 0.25) is 0 Å². The van der Waals surface area contributed by atoms with E-state index in [1.807, 2.05) is 17.8 Å². The highest BCUT2D eigenvalue weighted by molar-refractivity contribution is 7.17. The maximum Gasteiger partial charge on any atom is 0.263 e. The van der Waals surface area contributed by atoms with Crippen molar-refractivity contribution in [2.24, 2.45) is 13.0 Å². The average molecular weight is 291 g/mol. The lowest BCUT2D eigenvalue weighted by Crippen LogP contribution is -2.31. The quantitative estimate of drug-likeness (QED) is 0.897. The molecule has 3 N–H and O–H groups in total. The zero-order valence-electron chi connectivity index (χ0n) is 11.5. The minimum atomic E-state index is -0.114. The summed E-state index contributed by atoms with van der Waals surface area (Å²) in [4.78, 5) is 21.4. The van der Waals surface area contributed by atoms with E-state index in [1.54, 1.807) is 13.1 Å². The summed E-state index contributed by atoms with van der Waals surface area (Å²) in [7, 11) is 1.94. The molecule has 2 aromatic heterocycles. The van der Waals surface area contributed by atoms with Crippen LogP contribution >= 0.6 is 11.3 Å². The van der Waals surface area contributed by atoms with Gasteiger partial charge in [0, 0.05) is 19.4 Å². The van der Waals surface area contributed by atoms with Gasteiger partial charge in [-0.05, 0) is 25.7 Å². The van der Waals surface area contributed by atoms with Gasteiger partial charge in [-0.15, -0.1) is 0 Å². The van der Waals surface area contributed by atoms with Crippen molar-refractivity contribution in [1.82, 2.24) is 19.9 Å². The molecule has 2 aromatic rings. The summed E-state index contributed by atoms with van der Waals surface area (Å²) in [6, 6.07) is -0.0368. The molecule has 20 heavy (non-hydrogen) atoms. The van der Waals surface area contributed by atoms with Gasteiger partial charge in [0.05, 0.1) is 11.7 Å². The maximum atomic E-state index is 12.4. The molecule has 1 amide bonds. The third-order valence-electron chi connectivity index (χ3n) is 3.54. The molecule has 1 aliphatic rings. The number of carbonyl (C=O) groups excluding carboxylic acids is 1. The standard InChI is InChI=1S/C13H17N5OS/c1-7-10(20-13(14)16-7)12(19)17-9(8-3-4-8)11-15-5-6-18(11)2/h5-6,8-9H,3-4H2,1-2H3,(H2,14,16)(H,17,19)/t9-/m1/s1. The average Bonchev–Trinajstić information content (AvgIpc) is 3.06. The van der Waals surface area contributed by atoms with Crippen LogP contribution in [0.25, 0.3) is 0 Å². The summed E-state index contributed by atoms with van der Waals surface area (Å²) in [5.41, 5.74) is 6.33. The fourth-order valence-electron chi connectivity index (χ4n) is 2.33. The van der Waals surface area contributed by atoms with Gasteiger partial charge >= 0.3 is 0 Å². The van der Waals surface area contributed by atoms with Gasteiger partial charge in [-0.2, -0.15) is 0 Å². The Morgan fingerprint density at radius 3 is 2.85 bits per heavy atom. The minimum absolute atomic E-state index is 0.0368. The molecule has 1 aliphatic carbocycles. The van der Waals surface area contributed by atoms with Crippen LogP contribution in [0.3, 0.4) is 0 Å². The molecule has 0 aromatic carbocycles. The molecule has 0 spiro atoms. The SMILES string of the molecule is Cc1nc(N)sc1C(=O)N[C@@H](c1nccn1C)C1CC1. The second-order valence-corrected chi connectivity index (χ2v) is 6.18. The van der Waals surface area contributed by atoms with Crippen molar-refractivity contribution in [3.63, 3.8) is 0 Å². The highest BCUT2D eigenvalue weighted by Gasteiger charge is 2.36. The molecule has 1 fully saturated rings. The van der Waals surface area contributed by atoms with Crippen LogP contribution in [0.4, 0.5) is 5.13 Å². The topological polar surface area (TPSA) is 85.8 Å². The number of anilines is 1. The van der Waals surface area contributed by atoms with E-state index in [0.717, 1.165) is 18.7 Å². The number of nitrogens with one attached hydrogen (secondary N) is 1. The normalized spacial score (nSPS) is 16.1. The van der Waals surface area contributed by atoms with Gasteiger partial charge in [0.25, 0.3) is 5.91 Å². The molecule has 0 bridgehead atoms. The van der Waals surface area contributed by atoms with E-state index in [0.29, 0.717) is 21.6 Å². The van der Waals surface area contributed by atoms with Crippen LogP contribution in [0.1, 0.15) is 40.1 Å². The van der Waals surface area contributed by atoms with Gasteiger partial charge in [-0.3, -0.25) is 4.79 Å². The van der Waals surface area contributed by atoms with Gasteiger partial charge in [0.15, 0.2) is 5.13 Å². The van der Waals surface area contributed by atoms with E-state index >= 15 is 0 Å². The Hall–Kier alpha value is -1.89. The number of carbonyl (C=O) groups is 1. The molecule has 106 valence electrons. The van der Waals surface area contributed by atoms with Gasteiger partial charge in [-0.25, -0.2) is 9.97 Å². The Balaban J connectivity index is 1.82. The van der Waals surface area contributed by atoms with Crippen LogP contribution in [-0.4, -0.2) is 20.4 Å². The minimum Gasteiger partial charge on any atom is -0.375 e. The molecule has 0 aliphatic heterocycles. The molecule has 7 heteroatoms. The zero-order valence-corrected chi connectivity index (χ0v) is 12.3. The molecule has 0 saturated heterocycles. The Morgan fingerprint density at radius 1 is 1.60 bits per heavy atom. The maximum absolute atomic E-state index is 12.4. The summed E-state index contributed by atoms with van der Waals surface area (Å²) in [6.07, 6.45) is 5.91. The highest BCUT2D eigenvalue weighted by atomic mass is 32.1. The fraction of sp³-hybridized carbons (Fsp3) is 0.462. The lowest BCUT2D eigenvalue weighted by molar-refractivity contribution is 0.0932. The second-order valence-electron chi connectivity index (χ2n) is 5.15. The van der Waals surface area contributed by atoms with Crippen LogP contribution in [0.15, 0.2) is 12.4 Å². The van der Waals surface area contributed by atoms with Crippen LogP contribution in [0.2, 0.25) is 0 Å². The van der Waals surface area contributed by atoms with Gasteiger partial charge in [0.1, 0.15) is 10.7 Å². The summed E-state index contributed by atoms with van der Waals surface area (Å²) in [5, 5.41) is 3.51. The van der Waals surface area contributed by atoms with Gasteiger partial charge in [-0.1, -0.05) is 11.3 Å². The molecule has 6 nitrogen and oxygen atoms in total. The zero-order chi connectivity index (χ0) is 14.3. The van der Waals surface area contributed by atoms with E-state index < -0.39 is 0 Å². The summed E-state index contributed by atoms with van der Waals surface area (Å²) in [6.45, 7) is 1.80. The summed E-state index contributed by atoms with van der Waals surface area (Å²) in [5.74, 6) is 1.26. The van der Waals surface area contributed by atoms with Crippen molar-refractivity contribution < 1.29 is 4.79 Å². The van der Waals surface area contributed by atoms with E-state index in [1.165, 1.54) is 11.3 Å². The van der Waals surface area contributed by atoms with Crippen molar-refractivity contribution in [2.45, 2.75) is 25.8 Å². The predicted molar refractivity (Wildman–Crippen MR) is 77.4 cm³/mol. The Kier molecular flexibility index (Phi) is 3.21. The van der Waals surface area contributed by atoms with Crippen molar-refractivity contribution in [1.29, 1.82) is 0 Å².